The first kappa shape index (κ1) is 14.0. The second kappa shape index (κ2) is 6.02. The molecule has 17 heavy (non-hydrogen) atoms. The van der Waals surface area contributed by atoms with Gasteiger partial charge in [-0.15, -0.1) is 0 Å². The number of aliphatic hydroxyl groups excluding tert-OH is 1. The van der Waals surface area contributed by atoms with E-state index in [1.807, 2.05) is 0 Å². The molecule has 2 unspecified atom stereocenters. The maximum Gasteiger partial charge on any atom is 0.194 e. The van der Waals surface area contributed by atoms with Gasteiger partial charge in [0.15, 0.2) is 17.5 Å². The van der Waals surface area contributed by atoms with Crippen molar-refractivity contribution >= 4 is 0 Å². The van der Waals surface area contributed by atoms with Crippen LogP contribution in [0.4, 0.5) is 13.2 Å². The van der Waals surface area contributed by atoms with Gasteiger partial charge in [-0.3, -0.25) is 0 Å². The summed E-state index contributed by atoms with van der Waals surface area (Å²) in [7, 11) is 1.52. The van der Waals surface area contributed by atoms with E-state index in [-0.39, 0.29) is 11.5 Å². The molecule has 0 aliphatic rings. The van der Waals surface area contributed by atoms with Gasteiger partial charge in [0, 0.05) is 13.7 Å². The van der Waals surface area contributed by atoms with Gasteiger partial charge in [-0.2, -0.15) is 0 Å². The van der Waals surface area contributed by atoms with Gasteiger partial charge in [-0.05, 0) is 30.0 Å². The summed E-state index contributed by atoms with van der Waals surface area (Å²) in [6.45, 7) is 2.16. The summed E-state index contributed by atoms with van der Waals surface area (Å²) in [6.07, 6.45) is -0.507. The minimum Gasteiger partial charge on any atom is -0.388 e. The average Bonchev–Trinajstić information content (AvgIpc) is 2.31. The van der Waals surface area contributed by atoms with Gasteiger partial charge in [-0.25, -0.2) is 13.2 Å². The zero-order valence-electron chi connectivity index (χ0n) is 9.71. The van der Waals surface area contributed by atoms with Gasteiger partial charge in [0.1, 0.15) is 0 Å². The van der Waals surface area contributed by atoms with Crippen molar-refractivity contribution < 1.29 is 23.0 Å². The lowest BCUT2D eigenvalue weighted by atomic mass is 9.94. The fraction of sp³-hybridized carbons (Fsp3) is 0.500. The fourth-order valence-electron chi connectivity index (χ4n) is 1.54. The molecule has 1 aromatic carbocycles. The van der Waals surface area contributed by atoms with Crippen LogP contribution in [-0.4, -0.2) is 18.8 Å². The number of hydrogen-bond acceptors (Lipinski definition) is 2. The van der Waals surface area contributed by atoms with E-state index < -0.39 is 23.6 Å². The van der Waals surface area contributed by atoms with E-state index in [2.05, 4.69) is 0 Å². The second-order valence-electron chi connectivity index (χ2n) is 4.00. The monoisotopic (exact) mass is 248 g/mol. The molecule has 0 aliphatic heterocycles. The Labute approximate surface area is 98.0 Å². The Morgan fingerprint density at radius 3 is 2.24 bits per heavy atom. The van der Waals surface area contributed by atoms with E-state index in [9.17, 15) is 18.3 Å². The molecule has 0 heterocycles. The lowest BCUT2D eigenvalue weighted by Crippen LogP contribution is -2.12. The van der Waals surface area contributed by atoms with Crippen LogP contribution < -0.4 is 0 Å². The zero-order valence-corrected chi connectivity index (χ0v) is 9.71. The molecule has 0 amide bonds. The number of rotatable bonds is 5. The van der Waals surface area contributed by atoms with Crippen molar-refractivity contribution in [3.63, 3.8) is 0 Å². The smallest absolute Gasteiger partial charge is 0.194 e. The standard InChI is InChI=1S/C12H15F3O2/c1-7(3-4-17-2)12(16)8-5-9(13)11(15)10(14)6-8/h5-7,12,16H,3-4H2,1-2H3. The Balaban J connectivity index is 2.85. The molecule has 0 saturated carbocycles. The largest absolute Gasteiger partial charge is 0.388 e. The highest BCUT2D eigenvalue weighted by Crippen LogP contribution is 2.26. The van der Waals surface area contributed by atoms with Crippen molar-refractivity contribution in [2.24, 2.45) is 5.92 Å². The molecule has 1 aromatic rings. The number of ether oxygens (including phenoxy) is 1. The molecule has 96 valence electrons. The van der Waals surface area contributed by atoms with Gasteiger partial charge in [0.2, 0.25) is 0 Å². The molecular formula is C12H15F3O2. The Hall–Kier alpha value is -1.07. The van der Waals surface area contributed by atoms with Crippen molar-refractivity contribution in [2.75, 3.05) is 13.7 Å². The van der Waals surface area contributed by atoms with Crippen LogP contribution in [0.2, 0.25) is 0 Å². The SMILES string of the molecule is COCCC(C)C(O)c1cc(F)c(F)c(F)c1. The van der Waals surface area contributed by atoms with E-state index in [0.29, 0.717) is 13.0 Å². The van der Waals surface area contributed by atoms with Crippen LogP contribution in [0.15, 0.2) is 12.1 Å². The Kier molecular flexibility index (Phi) is 4.96. The molecule has 5 heteroatoms. The topological polar surface area (TPSA) is 29.5 Å². The van der Waals surface area contributed by atoms with Gasteiger partial charge in [-0.1, -0.05) is 6.92 Å². The van der Waals surface area contributed by atoms with Crippen LogP contribution in [0, 0.1) is 23.4 Å². The third-order valence-corrected chi connectivity index (χ3v) is 2.66. The molecule has 2 atom stereocenters. The molecule has 0 aliphatic carbocycles. The van der Waals surface area contributed by atoms with Crippen molar-refractivity contribution in [2.45, 2.75) is 19.4 Å². The molecule has 1 N–H and O–H groups in total. The molecule has 0 bridgehead atoms. The lowest BCUT2D eigenvalue weighted by molar-refractivity contribution is 0.0879. The number of benzene rings is 1. The quantitative estimate of drug-likeness (QED) is 0.812. The first-order valence-electron chi connectivity index (χ1n) is 5.28. The summed E-state index contributed by atoms with van der Waals surface area (Å²) < 4.78 is 43.5. The predicted molar refractivity (Wildman–Crippen MR) is 56.9 cm³/mol. The maximum atomic E-state index is 13.0. The van der Waals surface area contributed by atoms with Gasteiger partial charge in [0.25, 0.3) is 0 Å². The molecule has 0 fully saturated rings. The lowest BCUT2D eigenvalue weighted by Gasteiger charge is -2.19. The minimum atomic E-state index is -1.52. The van der Waals surface area contributed by atoms with Crippen molar-refractivity contribution in [3.05, 3.63) is 35.1 Å². The van der Waals surface area contributed by atoms with Crippen LogP contribution in [-0.2, 0) is 4.74 Å². The number of halogens is 3. The van der Waals surface area contributed by atoms with Crippen LogP contribution in [0.25, 0.3) is 0 Å². The minimum absolute atomic E-state index is 0.0324. The van der Waals surface area contributed by atoms with Crippen LogP contribution in [0.3, 0.4) is 0 Å². The summed E-state index contributed by atoms with van der Waals surface area (Å²) in [6, 6.07) is 1.62. The Morgan fingerprint density at radius 1 is 1.24 bits per heavy atom. The summed E-state index contributed by atoms with van der Waals surface area (Å²) >= 11 is 0. The molecule has 2 nitrogen and oxygen atoms in total. The van der Waals surface area contributed by atoms with Gasteiger partial charge >= 0.3 is 0 Å². The Bertz CT molecular complexity index is 359. The first-order chi connectivity index (χ1) is 7.97. The molecular weight excluding hydrogens is 233 g/mol. The second-order valence-corrected chi connectivity index (χ2v) is 4.00. The summed E-state index contributed by atoms with van der Waals surface area (Å²) in [5, 5.41) is 9.84. The highest BCUT2D eigenvalue weighted by Gasteiger charge is 2.20. The van der Waals surface area contributed by atoms with Crippen molar-refractivity contribution in [1.29, 1.82) is 0 Å². The normalized spacial score (nSPS) is 14.7. The molecule has 0 saturated heterocycles. The summed E-state index contributed by atoms with van der Waals surface area (Å²) in [5.41, 5.74) is 0.0324. The van der Waals surface area contributed by atoms with Gasteiger partial charge in [0.05, 0.1) is 6.10 Å². The highest BCUT2D eigenvalue weighted by atomic mass is 19.2. The summed E-state index contributed by atoms with van der Waals surface area (Å²) in [4.78, 5) is 0. The van der Waals surface area contributed by atoms with Crippen LogP contribution in [0.1, 0.15) is 25.0 Å². The highest BCUT2D eigenvalue weighted by molar-refractivity contribution is 5.22. The number of methoxy groups -OCH3 is 1. The summed E-state index contributed by atoms with van der Waals surface area (Å²) in [5.74, 6) is -4.35. The first-order valence-corrected chi connectivity index (χ1v) is 5.28. The fourth-order valence-corrected chi connectivity index (χ4v) is 1.54. The molecule has 0 radical (unpaired) electrons. The Morgan fingerprint density at radius 2 is 1.76 bits per heavy atom. The molecule has 0 spiro atoms. The number of hydrogen-bond donors (Lipinski definition) is 1. The third-order valence-electron chi connectivity index (χ3n) is 2.66. The van der Waals surface area contributed by atoms with Crippen molar-refractivity contribution in [1.82, 2.24) is 0 Å². The van der Waals surface area contributed by atoms with Gasteiger partial charge < -0.3 is 9.84 Å². The average molecular weight is 248 g/mol. The maximum absolute atomic E-state index is 13.0. The van der Waals surface area contributed by atoms with E-state index in [0.717, 1.165) is 12.1 Å². The predicted octanol–water partition coefficient (Wildman–Crippen LogP) is 2.81. The van der Waals surface area contributed by atoms with Crippen LogP contribution in [0.5, 0.6) is 0 Å². The van der Waals surface area contributed by atoms with Crippen molar-refractivity contribution in [3.8, 4) is 0 Å². The number of aliphatic hydroxyl groups is 1. The third kappa shape index (κ3) is 3.44. The van der Waals surface area contributed by atoms with E-state index in [1.54, 1.807) is 6.92 Å². The zero-order chi connectivity index (χ0) is 13.0. The van der Waals surface area contributed by atoms with E-state index in [4.69, 9.17) is 4.74 Å². The van der Waals surface area contributed by atoms with E-state index in [1.165, 1.54) is 7.11 Å². The van der Waals surface area contributed by atoms with Crippen LogP contribution >= 0.6 is 0 Å². The molecule has 1 rings (SSSR count). The van der Waals surface area contributed by atoms with E-state index >= 15 is 0 Å². The molecule has 0 aromatic heterocycles.